The third kappa shape index (κ3) is 2.76. The second-order valence-corrected chi connectivity index (χ2v) is 6.97. The van der Waals surface area contributed by atoms with Crippen LogP contribution in [0, 0.1) is 0 Å². The Balaban J connectivity index is 1.88. The molecular formula is C15H19BrN2O2S. The van der Waals surface area contributed by atoms with Gasteiger partial charge < -0.3 is 19.7 Å². The molecule has 2 aliphatic heterocycles. The normalized spacial score (nSPS) is 26.9. The average molecular weight is 371 g/mol. The molecule has 1 saturated heterocycles. The van der Waals surface area contributed by atoms with Crippen LogP contribution in [-0.4, -0.2) is 36.0 Å². The highest BCUT2D eigenvalue weighted by atomic mass is 79.9. The number of nitrogens with zero attached hydrogens (tertiary/aromatic N) is 1. The lowest BCUT2D eigenvalue weighted by molar-refractivity contribution is -0.0698. The summed E-state index contributed by atoms with van der Waals surface area (Å²) < 4.78 is 12.5. The predicted molar refractivity (Wildman–Crippen MR) is 89.5 cm³/mol. The molecule has 3 rings (SSSR count). The van der Waals surface area contributed by atoms with Gasteiger partial charge in [0, 0.05) is 36.7 Å². The molecule has 4 nitrogen and oxygen atoms in total. The minimum atomic E-state index is -0.387. The van der Waals surface area contributed by atoms with E-state index < -0.39 is 0 Å². The minimum Gasteiger partial charge on any atom is -0.468 e. The summed E-state index contributed by atoms with van der Waals surface area (Å²) in [6, 6.07) is 6.35. The van der Waals surface area contributed by atoms with Crippen molar-refractivity contribution in [1.29, 1.82) is 0 Å². The summed E-state index contributed by atoms with van der Waals surface area (Å²) in [5.74, 6) is 0.934. The van der Waals surface area contributed by atoms with E-state index in [0.717, 1.165) is 41.3 Å². The van der Waals surface area contributed by atoms with Crippen LogP contribution in [0.3, 0.4) is 0 Å². The largest absolute Gasteiger partial charge is 0.468 e. The molecular weight excluding hydrogens is 352 g/mol. The molecule has 2 heterocycles. The molecule has 2 bridgehead atoms. The fraction of sp³-hybridized carbons (Fsp3) is 0.533. The van der Waals surface area contributed by atoms with Gasteiger partial charge in [0.25, 0.3) is 0 Å². The van der Waals surface area contributed by atoms with Gasteiger partial charge in [0.2, 0.25) is 0 Å². The smallest absolute Gasteiger partial charge is 0.184 e. The lowest BCUT2D eigenvalue weighted by atomic mass is 9.90. The summed E-state index contributed by atoms with van der Waals surface area (Å²) in [5, 5.41) is 4.21. The molecule has 0 unspecified atom stereocenters. The van der Waals surface area contributed by atoms with E-state index in [9.17, 15) is 0 Å². The summed E-state index contributed by atoms with van der Waals surface area (Å²) in [7, 11) is 1.72. The van der Waals surface area contributed by atoms with E-state index in [1.165, 1.54) is 5.56 Å². The van der Waals surface area contributed by atoms with Gasteiger partial charge >= 0.3 is 0 Å². The van der Waals surface area contributed by atoms with Crippen molar-refractivity contribution in [2.75, 3.05) is 20.3 Å². The molecule has 0 radical (unpaired) electrons. The van der Waals surface area contributed by atoms with E-state index in [2.05, 4.69) is 39.1 Å². The van der Waals surface area contributed by atoms with Crippen LogP contribution in [0.2, 0.25) is 0 Å². The average Bonchev–Trinajstić information content (AvgIpc) is 2.43. The van der Waals surface area contributed by atoms with Crippen LogP contribution >= 0.6 is 28.1 Å². The molecule has 1 fully saturated rings. The number of thiocarbonyl (C=S) groups is 1. The summed E-state index contributed by atoms with van der Waals surface area (Å²) in [5.41, 5.74) is 0.780. The van der Waals surface area contributed by atoms with Crippen molar-refractivity contribution in [3.05, 3.63) is 28.2 Å². The van der Waals surface area contributed by atoms with Gasteiger partial charge in [-0.2, -0.15) is 0 Å². The molecule has 1 aromatic rings. The Hall–Kier alpha value is -0.850. The van der Waals surface area contributed by atoms with Crippen LogP contribution < -0.4 is 10.1 Å². The summed E-state index contributed by atoms with van der Waals surface area (Å²) in [4.78, 5) is 2.14. The van der Waals surface area contributed by atoms with Crippen LogP contribution in [0.15, 0.2) is 22.7 Å². The number of fused-ring (bicyclic) bond motifs is 4. The number of methoxy groups -OCH3 is 1. The number of benzene rings is 1. The lowest BCUT2D eigenvalue weighted by Crippen LogP contribution is -2.64. The molecule has 21 heavy (non-hydrogen) atoms. The molecule has 2 aliphatic rings. The summed E-state index contributed by atoms with van der Waals surface area (Å²) in [6.07, 6.45) is 1.80. The number of ether oxygens (including phenoxy) is 2. The van der Waals surface area contributed by atoms with Gasteiger partial charge in [-0.15, -0.1) is 0 Å². The van der Waals surface area contributed by atoms with Gasteiger partial charge in [-0.25, -0.2) is 0 Å². The molecule has 1 N–H and O–H groups in total. The molecule has 6 heteroatoms. The van der Waals surface area contributed by atoms with Crippen molar-refractivity contribution in [3.8, 4) is 5.75 Å². The van der Waals surface area contributed by atoms with E-state index in [1.807, 2.05) is 12.1 Å². The van der Waals surface area contributed by atoms with Crippen molar-refractivity contribution in [3.63, 3.8) is 0 Å². The molecule has 0 amide bonds. The van der Waals surface area contributed by atoms with Crippen molar-refractivity contribution >= 4 is 33.3 Å². The van der Waals surface area contributed by atoms with Crippen LogP contribution in [0.1, 0.15) is 31.4 Å². The number of hydrogen-bond acceptors (Lipinski definition) is 3. The van der Waals surface area contributed by atoms with E-state index in [-0.39, 0.29) is 11.8 Å². The molecule has 114 valence electrons. The lowest BCUT2D eigenvalue weighted by Gasteiger charge is -2.52. The Bertz CT molecular complexity index is 569. The molecule has 0 aliphatic carbocycles. The Morgan fingerprint density at radius 3 is 3.14 bits per heavy atom. The van der Waals surface area contributed by atoms with Crippen LogP contribution in [0.5, 0.6) is 5.75 Å². The first-order valence-corrected chi connectivity index (χ1v) is 8.29. The number of hydrogen-bond donors (Lipinski definition) is 1. The van der Waals surface area contributed by atoms with E-state index in [1.54, 1.807) is 7.11 Å². The van der Waals surface area contributed by atoms with Crippen LogP contribution in [0.4, 0.5) is 0 Å². The fourth-order valence-corrected chi connectivity index (χ4v) is 3.90. The number of halogens is 1. The quantitative estimate of drug-likeness (QED) is 0.649. The Morgan fingerprint density at radius 2 is 2.38 bits per heavy atom. The van der Waals surface area contributed by atoms with Crippen molar-refractivity contribution < 1.29 is 9.47 Å². The maximum absolute atomic E-state index is 6.30. The molecule has 1 aromatic carbocycles. The topological polar surface area (TPSA) is 33.7 Å². The monoisotopic (exact) mass is 370 g/mol. The second-order valence-electron chi connectivity index (χ2n) is 5.66. The molecule has 2 atom stereocenters. The van der Waals surface area contributed by atoms with Crippen LogP contribution in [0.25, 0.3) is 0 Å². The third-order valence-corrected chi connectivity index (χ3v) is 4.94. The van der Waals surface area contributed by atoms with E-state index >= 15 is 0 Å². The predicted octanol–water partition coefficient (Wildman–Crippen LogP) is 3.22. The number of nitrogens with one attached hydrogen (secondary N) is 1. The minimum absolute atomic E-state index is 0.211. The van der Waals surface area contributed by atoms with Crippen molar-refractivity contribution in [1.82, 2.24) is 10.2 Å². The fourth-order valence-electron chi connectivity index (χ4n) is 3.09. The van der Waals surface area contributed by atoms with Crippen molar-refractivity contribution in [2.24, 2.45) is 0 Å². The van der Waals surface area contributed by atoms with Gasteiger partial charge in [-0.3, -0.25) is 0 Å². The maximum Gasteiger partial charge on any atom is 0.184 e. The third-order valence-electron chi connectivity index (χ3n) is 4.10. The zero-order chi connectivity index (χ0) is 15.0. The molecule has 0 spiro atoms. The van der Waals surface area contributed by atoms with Gasteiger partial charge in [0.15, 0.2) is 10.8 Å². The van der Waals surface area contributed by atoms with E-state index in [0.29, 0.717) is 0 Å². The zero-order valence-electron chi connectivity index (χ0n) is 12.2. The van der Waals surface area contributed by atoms with E-state index in [4.69, 9.17) is 21.7 Å². The first-order valence-electron chi connectivity index (χ1n) is 7.09. The van der Waals surface area contributed by atoms with Crippen LogP contribution in [-0.2, 0) is 4.74 Å². The molecule has 0 aromatic heterocycles. The second kappa shape index (κ2) is 5.74. The standard InChI is InChI=1S/C15H19BrN2O2S/c1-15-9-12(11-8-10(16)4-5-13(11)20-15)17-14(21)18(15)6-3-7-19-2/h4-5,8,12H,3,6-7,9H2,1-2H3,(H,17,21)/t12-,15-/m1/s1. The summed E-state index contributed by atoms with van der Waals surface area (Å²) >= 11 is 9.07. The first kappa shape index (κ1) is 15.1. The Morgan fingerprint density at radius 1 is 1.57 bits per heavy atom. The zero-order valence-corrected chi connectivity index (χ0v) is 14.6. The number of rotatable bonds is 4. The Labute approximate surface area is 138 Å². The first-order chi connectivity index (χ1) is 10.0. The van der Waals surface area contributed by atoms with Gasteiger partial charge in [-0.1, -0.05) is 15.9 Å². The van der Waals surface area contributed by atoms with Gasteiger partial charge in [-0.05, 0) is 43.8 Å². The highest BCUT2D eigenvalue weighted by molar-refractivity contribution is 9.10. The van der Waals surface area contributed by atoms with Gasteiger partial charge in [0.1, 0.15) is 5.75 Å². The maximum atomic E-state index is 6.30. The van der Waals surface area contributed by atoms with Gasteiger partial charge in [0.05, 0.1) is 6.04 Å². The highest BCUT2D eigenvalue weighted by Crippen LogP contribution is 2.44. The Kier molecular flexibility index (Phi) is 4.12. The highest BCUT2D eigenvalue weighted by Gasteiger charge is 2.47. The SMILES string of the molecule is COCCCN1C(=S)N[C@@H]2C[C@@]1(C)Oc1ccc(Br)cc12. The molecule has 0 saturated carbocycles. The summed E-state index contributed by atoms with van der Waals surface area (Å²) in [6.45, 7) is 3.67. The van der Waals surface area contributed by atoms with Crippen molar-refractivity contribution in [2.45, 2.75) is 31.5 Å².